The summed E-state index contributed by atoms with van der Waals surface area (Å²) in [5, 5.41) is 60.3. The zero-order valence-electron chi connectivity index (χ0n) is 14.7. The van der Waals surface area contributed by atoms with E-state index < -0.39 is 61.3 Å². The number of amides is 1. The molecule has 11 nitrogen and oxygen atoms in total. The van der Waals surface area contributed by atoms with Gasteiger partial charge in [-0.3, -0.25) is 0 Å². The van der Waals surface area contributed by atoms with Crippen molar-refractivity contribution in [2.75, 3.05) is 6.61 Å². The number of aliphatic carboxylic acids is 1. The van der Waals surface area contributed by atoms with Crippen LogP contribution in [-0.2, 0) is 20.9 Å². The van der Waals surface area contributed by atoms with E-state index in [0.29, 0.717) is 5.56 Å². The number of ether oxygens (including phenoxy) is 2. The van der Waals surface area contributed by atoms with Gasteiger partial charge in [0.1, 0.15) is 24.9 Å². The molecule has 1 aliphatic rings. The molecular weight excluding hydrogens is 378 g/mol. The van der Waals surface area contributed by atoms with Crippen LogP contribution in [0.4, 0.5) is 4.79 Å². The van der Waals surface area contributed by atoms with Crippen LogP contribution >= 0.6 is 0 Å². The number of carboxylic acids is 1. The van der Waals surface area contributed by atoms with Crippen LogP contribution in [-0.4, -0.2) is 85.6 Å². The van der Waals surface area contributed by atoms with E-state index in [1.54, 1.807) is 30.3 Å². The maximum Gasteiger partial charge on any atom is 0.407 e. The van der Waals surface area contributed by atoms with Gasteiger partial charge in [-0.2, -0.15) is 0 Å². The second-order valence-electron chi connectivity index (χ2n) is 6.42. The number of aliphatic hydroxyl groups excluding tert-OH is 4. The highest BCUT2D eigenvalue weighted by atomic mass is 16.7. The van der Waals surface area contributed by atoms with Crippen LogP contribution in [0.15, 0.2) is 30.3 Å². The van der Waals surface area contributed by atoms with Crippen molar-refractivity contribution in [3.05, 3.63) is 35.9 Å². The number of rotatable bonds is 7. The normalized spacial score (nSPS) is 29.5. The van der Waals surface area contributed by atoms with Gasteiger partial charge in [0.25, 0.3) is 5.79 Å². The first kappa shape index (κ1) is 22.0. The van der Waals surface area contributed by atoms with Gasteiger partial charge >= 0.3 is 12.1 Å². The van der Waals surface area contributed by atoms with Gasteiger partial charge in [0.15, 0.2) is 0 Å². The minimum atomic E-state index is -2.85. The maximum atomic E-state index is 12.1. The van der Waals surface area contributed by atoms with Crippen molar-refractivity contribution in [2.45, 2.75) is 49.3 Å². The number of benzene rings is 1. The summed E-state index contributed by atoms with van der Waals surface area (Å²) in [7, 11) is 0. The summed E-state index contributed by atoms with van der Waals surface area (Å²) in [4.78, 5) is 23.3. The van der Waals surface area contributed by atoms with E-state index in [9.17, 15) is 30.0 Å². The van der Waals surface area contributed by atoms with Gasteiger partial charge in [0, 0.05) is 6.42 Å². The van der Waals surface area contributed by atoms with Gasteiger partial charge in [-0.1, -0.05) is 30.3 Å². The van der Waals surface area contributed by atoms with E-state index in [-0.39, 0.29) is 6.61 Å². The largest absolute Gasteiger partial charge is 0.477 e. The summed E-state index contributed by atoms with van der Waals surface area (Å²) in [5.41, 5.74) is 0.686. The summed E-state index contributed by atoms with van der Waals surface area (Å²) in [6.45, 7) is -1.00. The van der Waals surface area contributed by atoms with Crippen molar-refractivity contribution in [1.29, 1.82) is 0 Å². The standard InChI is InChI=1S/C17H23NO10/c19-7-11(21)13(22)14-12(10(20)6-17(26,28-14)15(23)24)18-16(25)27-8-9-4-2-1-3-5-9/h1-5,10-14,19-22,26H,6-8H2,(H,18,25)(H,23,24)/t10-,11+,12+,13+,14+,17-/m0/s1. The molecule has 0 unspecified atom stereocenters. The van der Waals surface area contributed by atoms with E-state index in [2.05, 4.69) is 5.32 Å². The Hall–Kier alpha value is -2.28. The zero-order chi connectivity index (χ0) is 20.9. The SMILES string of the molecule is O=C(N[C@H]1[C@H]([C@H](O)[C@H](O)CO)O[C@](O)(C(=O)O)C[C@@H]1O)OCc1ccccc1. The molecule has 2 rings (SSSR count). The van der Waals surface area contributed by atoms with Crippen LogP contribution in [0.25, 0.3) is 0 Å². The van der Waals surface area contributed by atoms with E-state index in [0.717, 1.165) is 0 Å². The lowest BCUT2D eigenvalue weighted by molar-refractivity contribution is -0.294. The molecule has 11 heteroatoms. The summed E-state index contributed by atoms with van der Waals surface area (Å²) in [6.07, 6.45) is -8.94. The molecule has 0 radical (unpaired) electrons. The van der Waals surface area contributed by atoms with Crippen molar-refractivity contribution in [3.8, 4) is 0 Å². The van der Waals surface area contributed by atoms with Gasteiger partial charge in [-0.25, -0.2) is 9.59 Å². The number of carboxylic acid groups (broad SMARTS) is 1. The molecule has 0 saturated carbocycles. The Morgan fingerprint density at radius 3 is 2.50 bits per heavy atom. The Balaban J connectivity index is 2.11. The zero-order valence-corrected chi connectivity index (χ0v) is 14.7. The van der Waals surface area contributed by atoms with Crippen LogP contribution in [0.1, 0.15) is 12.0 Å². The van der Waals surface area contributed by atoms with Crippen molar-refractivity contribution < 1.29 is 49.7 Å². The first-order valence-corrected chi connectivity index (χ1v) is 8.44. The van der Waals surface area contributed by atoms with Crippen LogP contribution < -0.4 is 5.32 Å². The summed E-state index contributed by atoms with van der Waals surface area (Å²) in [6, 6.07) is 7.25. The fourth-order valence-corrected chi connectivity index (χ4v) is 2.80. The highest BCUT2D eigenvalue weighted by Crippen LogP contribution is 2.30. The molecule has 7 N–H and O–H groups in total. The van der Waals surface area contributed by atoms with Crippen LogP contribution in [0.5, 0.6) is 0 Å². The number of carbonyl (C=O) groups is 2. The second-order valence-corrected chi connectivity index (χ2v) is 6.42. The van der Waals surface area contributed by atoms with Gasteiger partial charge in [-0.15, -0.1) is 0 Å². The number of hydrogen-bond donors (Lipinski definition) is 7. The predicted molar refractivity (Wildman–Crippen MR) is 90.7 cm³/mol. The van der Waals surface area contributed by atoms with Crippen molar-refractivity contribution in [1.82, 2.24) is 5.32 Å². The quantitative estimate of drug-likeness (QED) is 0.267. The molecule has 0 spiro atoms. The molecule has 1 amide bonds. The van der Waals surface area contributed by atoms with Gasteiger partial charge in [-0.05, 0) is 5.56 Å². The lowest BCUT2D eigenvalue weighted by Crippen LogP contribution is -2.67. The third-order valence-electron chi connectivity index (χ3n) is 4.33. The Kier molecular flexibility index (Phi) is 7.29. The van der Waals surface area contributed by atoms with E-state index in [4.69, 9.17) is 19.7 Å². The van der Waals surface area contributed by atoms with Gasteiger partial charge in [0.2, 0.25) is 0 Å². The van der Waals surface area contributed by atoms with E-state index in [1.165, 1.54) is 0 Å². The molecule has 1 saturated heterocycles. The molecule has 1 aliphatic heterocycles. The molecule has 0 bridgehead atoms. The monoisotopic (exact) mass is 401 g/mol. The average Bonchev–Trinajstić information content (AvgIpc) is 2.67. The summed E-state index contributed by atoms with van der Waals surface area (Å²) >= 11 is 0. The fourth-order valence-electron chi connectivity index (χ4n) is 2.80. The lowest BCUT2D eigenvalue weighted by Gasteiger charge is -2.44. The third kappa shape index (κ3) is 5.16. The number of carbonyl (C=O) groups excluding carboxylic acids is 1. The lowest BCUT2D eigenvalue weighted by atomic mass is 9.89. The second kappa shape index (κ2) is 9.28. The van der Waals surface area contributed by atoms with Crippen molar-refractivity contribution >= 4 is 12.1 Å². The highest BCUT2D eigenvalue weighted by Gasteiger charge is 2.54. The number of nitrogens with one attached hydrogen (secondary N) is 1. The van der Waals surface area contributed by atoms with Crippen LogP contribution in [0.3, 0.4) is 0 Å². The predicted octanol–water partition coefficient (Wildman–Crippen LogP) is -2.08. The Morgan fingerprint density at radius 1 is 1.29 bits per heavy atom. The molecular formula is C17H23NO10. The van der Waals surface area contributed by atoms with Crippen LogP contribution in [0.2, 0.25) is 0 Å². The number of alkyl carbamates (subject to hydrolysis) is 1. The minimum absolute atomic E-state index is 0.0953. The van der Waals surface area contributed by atoms with Crippen molar-refractivity contribution in [2.24, 2.45) is 0 Å². The minimum Gasteiger partial charge on any atom is -0.477 e. The first-order chi connectivity index (χ1) is 13.2. The van der Waals surface area contributed by atoms with E-state index >= 15 is 0 Å². The molecule has 28 heavy (non-hydrogen) atoms. The smallest absolute Gasteiger partial charge is 0.407 e. The number of hydrogen-bond acceptors (Lipinski definition) is 9. The third-order valence-corrected chi connectivity index (χ3v) is 4.33. The maximum absolute atomic E-state index is 12.1. The Morgan fingerprint density at radius 2 is 1.93 bits per heavy atom. The molecule has 0 aromatic heterocycles. The topological polar surface area (TPSA) is 186 Å². The Labute approximate surface area is 159 Å². The Bertz CT molecular complexity index is 671. The van der Waals surface area contributed by atoms with E-state index in [1.807, 2.05) is 0 Å². The number of aliphatic hydroxyl groups is 5. The van der Waals surface area contributed by atoms with Crippen LogP contribution in [0, 0.1) is 0 Å². The molecule has 1 aromatic carbocycles. The molecule has 0 aliphatic carbocycles. The van der Waals surface area contributed by atoms with Gasteiger partial charge in [0.05, 0.1) is 18.8 Å². The fraction of sp³-hybridized carbons (Fsp3) is 0.529. The van der Waals surface area contributed by atoms with Crippen molar-refractivity contribution in [3.63, 3.8) is 0 Å². The molecule has 1 aromatic rings. The van der Waals surface area contributed by atoms with Gasteiger partial charge < -0.3 is 45.4 Å². The molecule has 6 atom stereocenters. The molecule has 1 fully saturated rings. The molecule has 156 valence electrons. The molecule has 1 heterocycles. The summed E-state index contributed by atoms with van der Waals surface area (Å²) < 4.78 is 9.98. The average molecular weight is 401 g/mol. The first-order valence-electron chi connectivity index (χ1n) is 8.44. The summed E-state index contributed by atoms with van der Waals surface area (Å²) in [5.74, 6) is -4.68. The highest BCUT2D eigenvalue weighted by molar-refractivity contribution is 5.75.